The maximum Gasteiger partial charge on any atom is 0.268 e. The van der Waals surface area contributed by atoms with Gasteiger partial charge in [-0.2, -0.15) is 0 Å². The number of ether oxygens (including phenoxy) is 2. The van der Waals surface area contributed by atoms with Gasteiger partial charge in [0.1, 0.15) is 17.9 Å². The lowest BCUT2D eigenvalue weighted by molar-refractivity contribution is 0.106. The molecule has 2 aromatic carbocycles. The van der Waals surface area contributed by atoms with E-state index in [2.05, 4.69) is 0 Å². The molecule has 142 valence electrons. The second kappa shape index (κ2) is 7.66. The Bertz CT molecular complexity index is 1220. The first-order valence-electron chi connectivity index (χ1n) is 8.60. The molecule has 1 aliphatic heterocycles. The van der Waals surface area contributed by atoms with Gasteiger partial charge in [0.2, 0.25) is 0 Å². The quantitative estimate of drug-likeness (QED) is 0.618. The summed E-state index contributed by atoms with van der Waals surface area (Å²) >= 11 is 7.13. The van der Waals surface area contributed by atoms with Crippen molar-refractivity contribution in [2.45, 2.75) is 0 Å². The highest BCUT2D eigenvalue weighted by Crippen LogP contribution is 2.30. The zero-order valence-electron chi connectivity index (χ0n) is 15.0. The number of fused-ring (bicyclic) bond motifs is 1. The molecule has 0 saturated heterocycles. The van der Waals surface area contributed by atoms with Crippen molar-refractivity contribution in [3.05, 3.63) is 78.2 Å². The largest absolute Gasteiger partial charge is 0.486 e. The third-order valence-electron chi connectivity index (χ3n) is 4.31. The van der Waals surface area contributed by atoms with E-state index >= 15 is 0 Å². The second-order valence-electron chi connectivity index (χ2n) is 6.23. The van der Waals surface area contributed by atoms with Crippen LogP contribution in [0.15, 0.2) is 47.3 Å². The summed E-state index contributed by atoms with van der Waals surface area (Å²) in [5.74, 6) is 1.18. The van der Waals surface area contributed by atoms with E-state index in [-0.39, 0.29) is 11.3 Å². The van der Waals surface area contributed by atoms with E-state index in [9.17, 15) is 9.59 Å². The number of aromatic nitrogens is 1. The number of Topliss-reactive ketones (excluding diaryl/α,β-unsaturated/α-hetero) is 1. The van der Waals surface area contributed by atoms with Crippen LogP contribution < -0.4 is 24.2 Å². The molecule has 0 fully saturated rings. The van der Waals surface area contributed by atoms with Gasteiger partial charge in [-0.15, -0.1) is 11.3 Å². The molecule has 0 bridgehead atoms. The predicted octanol–water partition coefficient (Wildman–Crippen LogP) is 2.36. The van der Waals surface area contributed by atoms with Gasteiger partial charge in [0.05, 0.1) is 4.53 Å². The van der Waals surface area contributed by atoms with Gasteiger partial charge in [-0.05, 0) is 48.0 Å². The molecule has 3 aromatic rings. The van der Waals surface area contributed by atoms with Gasteiger partial charge in [-0.1, -0.05) is 17.7 Å². The van der Waals surface area contributed by atoms with Crippen molar-refractivity contribution in [2.75, 3.05) is 13.2 Å². The molecule has 0 amide bonds. The van der Waals surface area contributed by atoms with E-state index in [1.807, 2.05) is 18.2 Å². The van der Waals surface area contributed by atoms with Crippen LogP contribution in [0.3, 0.4) is 0 Å². The molecule has 0 saturated carbocycles. The number of carbonyl (C=O) groups is 1. The van der Waals surface area contributed by atoms with Gasteiger partial charge in [0.25, 0.3) is 5.56 Å². The van der Waals surface area contributed by atoms with Crippen molar-refractivity contribution < 1.29 is 14.3 Å². The van der Waals surface area contributed by atoms with E-state index in [4.69, 9.17) is 21.1 Å². The molecule has 5 nitrogen and oxygen atoms in total. The van der Waals surface area contributed by atoms with Crippen molar-refractivity contribution in [3.8, 4) is 11.5 Å². The number of nitrogens with zero attached hydrogens (tertiary/aromatic N) is 1. The predicted molar refractivity (Wildman–Crippen MR) is 110 cm³/mol. The van der Waals surface area contributed by atoms with Gasteiger partial charge < -0.3 is 14.0 Å². The summed E-state index contributed by atoms with van der Waals surface area (Å²) in [6.45, 7) is 1.03. The van der Waals surface area contributed by atoms with Crippen molar-refractivity contribution >= 4 is 40.9 Å². The summed E-state index contributed by atoms with van der Waals surface area (Å²) < 4.78 is 13.7. The van der Waals surface area contributed by atoms with Crippen LogP contribution in [-0.4, -0.2) is 23.6 Å². The number of rotatable bonds is 3. The molecule has 0 aliphatic carbocycles. The molecule has 7 heteroatoms. The molecule has 0 radical (unpaired) electrons. The first-order valence-corrected chi connectivity index (χ1v) is 9.79. The highest BCUT2D eigenvalue weighted by atomic mass is 35.5. The highest BCUT2D eigenvalue weighted by molar-refractivity contribution is 7.07. The lowest BCUT2D eigenvalue weighted by Crippen LogP contribution is -2.29. The Labute approximate surface area is 169 Å². The van der Waals surface area contributed by atoms with Crippen LogP contribution in [0.4, 0.5) is 0 Å². The molecule has 1 aromatic heterocycles. The van der Waals surface area contributed by atoms with Gasteiger partial charge in [0, 0.05) is 23.7 Å². The summed E-state index contributed by atoms with van der Waals surface area (Å²) in [6, 6.07) is 12.2. The fourth-order valence-electron chi connectivity index (χ4n) is 2.82. The number of benzene rings is 2. The molecule has 0 spiro atoms. The van der Waals surface area contributed by atoms with Crippen LogP contribution in [0.1, 0.15) is 15.9 Å². The number of halogens is 1. The standard InChI is InChI=1S/C21H16ClNO4S/c1-23-20(12-16(24)14-3-5-15(22)6-4-14)28-19(21(23)25)11-13-2-7-17-18(10-13)27-9-8-26-17/h2-7,10-12H,8-9H2,1H3. The minimum atomic E-state index is -0.181. The molecule has 0 N–H and O–H groups in total. The Balaban J connectivity index is 1.72. The molecular weight excluding hydrogens is 398 g/mol. The normalized spacial score (nSPS) is 14.4. The van der Waals surface area contributed by atoms with E-state index in [1.165, 1.54) is 22.0 Å². The summed E-state index contributed by atoms with van der Waals surface area (Å²) in [5.41, 5.74) is 1.19. The number of thiazole rings is 1. The Morgan fingerprint density at radius 3 is 2.57 bits per heavy atom. The summed E-state index contributed by atoms with van der Waals surface area (Å²) in [5, 5.41) is 0.566. The van der Waals surface area contributed by atoms with E-state index in [0.29, 0.717) is 44.5 Å². The van der Waals surface area contributed by atoms with Gasteiger partial charge in [0.15, 0.2) is 17.3 Å². The van der Waals surface area contributed by atoms with Gasteiger partial charge in [-0.25, -0.2) is 0 Å². The van der Waals surface area contributed by atoms with Gasteiger partial charge >= 0.3 is 0 Å². The molecule has 28 heavy (non-hydrogen) atoms. The number of ketones is 1. The summed E-state index contributed by atoms with van der Waals surface area (Å²) in [4.78, 5) is 25.1. The number of carbonyl (C=O) groups excluding carboxylic acids is 1. The zero-order valence-corrected chi connectivity index (χ0v) is 16.5. The first-order chi connectivity index (χ1) is 13.5. The Hall–Kier alpha value is -2.83. The maximum absolute atomic E-state index is 12.6. The van der Waals surface area contributed by atoms with Gasteiger partial charge in [-0.3, -0.25) is 9.59 Å². The fourth-order valence-corrected chi connectivity index (χ4v) is 3.97. The Morgan fingerprint density at radius 1 is 1.11 bits per heavy atom. The number of hydrogen-bond donors (Lipinski definition) is 0. The van der Waals surface area contributed by atoms with Crippen molar-refractivity contribution in [1.82, 2.24) is 4.57 Å². The van der Waals surface area contributed by atoms with E-state index < -0.39 is 0 Å². The SMILES string of the molecule is Cn1c(=CC(=O)c2ccc(Cl)cc2)sc(=Cc2ccc3c(c2)OCCO3)c1=O. The highest BCUT2D eigenvalue weighted by Gasteiger charge is 2.11. The fraction of sp³-hybridized carbons (Fsp3) is 0.143. The molecule has 0 atom stereocenters. The summed E-state index contributed by atoms with van der Waals surface area (Å²) in [7, 11) is 1.65. The summed E-state index contributed by atoms with van der Waals surface area (Å²) in [6.07, 6.45) is 3.26. The topological polar surface area (TPSA) is 57.5 Å². The van der Waals surface area contributed by atoms with Crippen LogP contribution in [-0.2, 0) is 7.05 Å². The average Bonchev–Trinajstić information content (AvgIpc) is 2.96. The van der Waals surface area contributed by atoms with Crippen molar-refractivity contribution in [3.63, 3.8) is 0 Å². The van der Waals surface area contributed by atoms with Crippen molar-refractivity contribution in [2.24, 2.45) is 7.05 Å². The number of hydrogen-bond acceptors (Lipinski definition) is 5. The maximum atomic E-state index is 12.6. The van der Waals surface area contributed by atoms with Crippen LogP contribution >= 0.6 is 22.9 Å². The second-order valence-corrected chi connectivity index (χ2v) is 7.73. The zero-order chi connectivity index (χ0) is 19.7. The average molecular weight is 414 g/mol. The Kier molecular flexibility index (Phi) is 5.07. The van der Waals surface area contributed by atoms with Crippen LogP contribution in [0.2, 0.25) is 5.02 Å². The van der Waals surface area contributed by atoms with E-state index in [0.717, 1.165) is 5.56 Å². The minimum Gasteiger partial charge on any atom is -0.486 e. The smallest absolute Gasteiger partial charge is 0.268 e. The monoisotopic (exact) mass is 413 g/mol. The molecular formula is C21H16ClNO4S. The van der Waals surface area contributed by atoms with Crippen molar-refractivity contribution in [1.29, 1.82) is 0 Å². The third-order valence-corrected chi connectivity index (χ3v) is 5.67. The molecule has 0 unspecified atom stereocenters. The van der Waals surface area contributed by atoms with Crippen LogP contribution in [0.25, 0.3) is 12.2 Å². The molecule has 4 rings (SSSR count). The molecule has 1 aliphatic rings. The van der Waals surface area contributed by atoms with Crippen LogP contribution in [0, 0.1) is 0 Å². The lowest BCUT2D eigenvalue weighted by atomic mass is 10.1. The first kappa shape index (κ1) is 18.5. The van der Waals surface area contributed by atoms with E-state index in [1.54, 1.807) is 37.4 Å². The molecule has 2 heterocycles. The van der Waals surface area contributed by atoms with Crippen LogP contribution in [0.5, 0.6) is 11.5 Å². The third kappa shape index (κ3) is 3.74. The Morgan fingerprint density at radius 2 is 1.82 bits per heavy atom. The lowest BCUT2D eigenvalue weighted by Gasteiger charge is -2.18. The minimum absolute atomic E-state index is 0.157.